The lowest BCUT2D eigenvalue weighted by Gasteiger charge is -2.08. The summed E-state index contributed by atoms with van der Waals surface area (Å²) >= 11 is -0.130. The van der Waals surface area contributed by atoms with Crippen molar-refractivity contribution in [2.24, 2.45) is 0 Å². The van der Waals surface area contributed by atoms with Crippen LogP contribution in [0, 0.1) is 27.9 Å². The number of alkyl halides is 3. The highest BCUT2D eigenvalue weighted by atomic mass is 127. The molecule has 0 aliphatic rings. The summed E-state index contributed by atoms with van der Waals surface area (Å²) in [5.74, 6) is 0. The fraction of sp³-hybridized carbons (Fsp3) is 0.200. The van der Waals surface area contributed by atoms with Gasteiger partial charge in [-0.15, -0.1) is 0 Å². The second-order valence-corrected chi connectivity index (χ2v) is 10.3. The molecule has 28 heavy (non-hydrogen) atoms. The van der Waals surface area contributed by atoms with Gasteiger partial charge < -0.3 is 4.55 Å². The maximum absolute atomic E-state index is 10.7. The Morgan fingerprint density at radius 1 is 0.893 bits per heavy atom. The van der Waals surface area contributed by atoms with Crippen LogP contribution in [0.3, 0.4) is 0 Å². The van der Waals surface area contributed by atoms with Crippen LogP contribution in [0.15, 0.2) is 54.6 Å². The van der Waals surface area contributed by atoms with E-state index in [4.69, 9.17) is 13.0 Å². The molecule has 0 bridgehead atoms. The summed E-state index contributed by atoms with van der Waals surface area (Å²) in [4.78, 5) is 0. The molecule has 0 fully saturated rings. The Bertz CT molecular complexity index is 1070. The molecule has 0 spiro atoms. The summed E-state index contributed by atoms with van der Waals surface area (Å²) in [5.41, 5.74) is -1.38. The van der Waals surface area contributed by atoms with E-state index in [-0.39, 0.29) is 21.2 Å². The van der Waals surface area contributed by atoms with Crippen LogP contribution in [-0.4, -0.2) is 18.5 Å². The number of halogens is 4. The van der Waals surface area contributed by atoms with Gasteiger partial charge in [0, 0.05) is 16.5 Å². The third kappa shape index (κ3) is 5.68. The van der Waals surface area contributed by atoms with Gasteiger partial charge in [0.1, 0.15) is 0 Å². The van der Waals surface area contributed by atoms with Crippen LogP contribution in [0.25, 0.3) is 10.8 Å². The Morgan fingerprint density at radius 2 is 1.39 bits per heavy atom. The van der Waals surface area contributed by atoms with E-state index in [1.165, 1.54) is 31.0 Å². The third-order valence-corrected chi connectivity index (χ3v) is 8.13. The highest BCUT2D eigenvalue weighted by Crippen LogP contribution is 2.20. The van der Waals surface area contributed by atoms with Crippen molar-refractivity contribution >= 4 is 20.9 Å². The molecule has 3 aromatic carbocycles. The fourth-order valence-electron chi connectivity index (χ4n) is 2.68. The van der Waals surface area contributed by atoms with Crippen molar-refractivity contribution in [3.05, 3.63) is 78.4 Å². The van der Waals surface area contributed by atoms with Crippen LogP contribution < -0.4 is 21.2 Å². The Labute approximate surface area is 172 Å². The first-order chi connectivity index (χ1) is 12.9. The quantitative estimate of drug-likeness (QED) is 0.294. The van der Waals surface area contributed by atoms with Gasteiger partial charge in [0.05, 0.1) is 0 Å². The molecule has 0 saturated carbocycles. The van der Waals surface area contributed by atoms with Crippen LogP contribution in [0.1, 0.15) is 16.7 Å². The first-order valence-electron chi connectivity index (χ1n) is 8.13. The highest BCUT2D eigenvalue weighted by molar-refractivity contribution is 7.86. The average molecular weight is 522 g/mol. The van der Waals surface area contributed by atoms with E-state index in [0.29, 0.717) is 0 Å². The molecule has 3 nitrogen and oxygen atoms in total. The van der Waals surface area contributed by atoms with Crippen molar-refractivity contribution in [2.45, 2.75) is 26.3 Å². The predicted molar refractivity (Wildman–Crippen MR) is 97.7 cm³/mol. The first kappa shape index (κ1) is 22.6. The van der Waals surface area contributed by atoms with E-state index in [1.54, 1.807) is 3.57 Å². The Kier molecular flexibility index (Phi) is 7.11. The lowest BCUT2D eigenvalue weighted by molar-refractivity contribution is -0.596. The van der Waals surface area contributed by atoms with Gasteiger partial charge in [-0.25, -0.2) is 8.42 Å². The maximum atomic E-state index is 10.7. The predicted octanol–water partition coefficient (Wildman–Crippen LogP) is 1.94. The molecule has 0 atom stereocenters. The monoisotopic (exact) mass is 522 g/mol. The minimum Gasteiger partial charge on any atom is -0.741 e. The number of aryl methyl sites for hydroxylation is 3. The van der Waals surface area contributed by atoms with Gasteiger partial charge in [-0.1, -0.05) is 48.0 Å². The van der Waals surface area contributed by atoms with Crippen molar-refractivity contribution in [3.8, 4) is 0 Å². The molecule has 0 saturated heterocycles. The zero-order valence-corrected chi connectivity index (χ0v) is 18.3. The van der Waals surface area contributed by atoms with Crippen molar-refractivity contribution in [2.75, 3.05) is 0 Å². The average Bonchev–Trinajstić information content (AvgIpc) is 2.57. The Hall–Kier alpha value is -1.65. The van der Waals surface area contributed by atoms with E-state index >= 15 is 0 Å². The van der Waals surface area contributed by atoms with Gasteiger partial charge in [0.2, 0.25) is 3.57 Å². The molecule has 0 aromatic heterocycles. The van der Waals surface area contributed by atoms with Crippen LogP contribution >= 0.6 is 0 Å². The number of hydrogen-bond donors (Lipinski definition) is 0. The standard InChI is InChI=1S/C19H18I.CHF3O3S/c1-13-11-14(2)19(15(3)12-13)20-18-10-6-8-16-7-4-5-9-17(16)18;2-1(3,4)8(5,6)7/h4-12H,1-3H3;(H,5,6,7)/q+1;/p-1. The van der Waals surface area contributed by atoms with Gasteiger partial charge in [0.15, 0.2) is 13.7 Å². The number of rotatable bonds is 2. The normalized spacial score (nSPS) is 11.8. The molecule has 150 valence electrons. The summed E-state index contributed by atoms with van der Waals surface area (Å²) in [6.45, 7) is 6.68. The van der Waals surface area contributed by atoms with E-state index < -0.39 is 15.6 Å². The molecule has 0 unspecified atom stereocenters. The minimum absolute atomic E-state index is 0.130. The van der Waals surface area contributed by atoms with Gasteiger partial charge in [0.25, 0.3) is 0 Å². The molecule has 0 heterocycles. The van der Waals surface area contributed by atoms with Crippen molar-refractivity contribution in [3.63, 3.8) is 0 Å². The molecule has 0 aliphatic heterocycles. The number of benzene rings is 3. The summed E-state index contributed by atoms with van der Waals surface area (Å²) in [5, 5.41) is 2.77. The third-order valence-electron chi connectivity index (χ3n) is 3.80. The second-order valence-electron chi connectivity index (χ2n) is 6.17. The molecule has 3 aromatic rings. The molecule has 0 N–H and O–H groups in total. The lowest BCUT2D eigenvalue weighted by Crippen LogP contribution is -3.62. The van der Waals surface area contributed by atoms with Crippen LogP contribution in [0.4, 0.5) is 13.2 Å². The van der Waals surface area contributed by atoms with E-state index in [9.17, 15) is 13.2 Å². The van der Waals surface area contributed by atoms with Crippen LogP contribution in [0.5, 0.6) is 0 Å². The van der Waals surface area contributed by atoms with Crippen LogP contribution in [-0.2, 0) is 10.1 Å². The molecule has 3 rings (SSSR count). The summed E-state index contributed by atoms with van der Waals surface area (Å²) in [6, 6.07) is 20.0. The highest BCUT2D eigenvalue weighted by Gasteiger charge is 2.36. The molecule has 0 radical (unpaired) electrons. The van der Waals surface area contributed by atoms with Crippen molar-refractivity contribution in [1.29, 1.82) is 0 Å². The smallest absolute Gasteiger partial charge is 0.485 e. The zero-order chi connectivity index (χ0) is 21.1. The molecule has 8 heteroatoms. The summed E-state index contributed by atoms with van der Waals surface area (Å²) in [6.07, 6.45) is 0. The zero-order valence-electron chi connectivity index (χ0n) is 15.3. The largest absolute Gasteiger partial charge is 0.741 e. The molecule has 0 aliphatic carbocycles. The number of hydrogen-bond acceptors (Lipinski definition) is 3. The topological polar surface area (TPSA) is 57.2 Å². The Morgan fingerprint density at radius 3 is 1.93 bits per heavy atom. The first-order valence-corrected chi connectivity index (χ1v) is 11.7. The van der Waals surface area contributed by atoms with E-state index in [2.05, 4.69) is 75.4 Å². The van der Waals surface area contributed by atoms with Crippen LogP contribution in [0.2, 0.25) is 0 Å². The summed E-state index contributed by atoms with van der Waals surface area (Å²) < 4.78 is 62.0. The molecule has 0 amide bonds. The lowest BCUT2D eigenvalue weighted by atomic mass is 10.1. The number of fused-ring (bicyclic) bond motifs is 1. The summed E-state index contributed by atoms with van der Waals surface area (Å²) in [7, 11) is -6.09. The van der Waals surface area contributed by atoms with Gasteiger partial charge in [-0.05, 0) is 38.3 Å². The van der Waals surface area contributed by atoms with Gasteiger partial charge in [-0.2, -0.15) is 13.2 Å². The molecular formula is C20H18F3IO3S. The van der Waals surface area contributed by atoms with Gasteiger partial charge >= 0.3 is 26.7 Å². The Balaban J connectivity index is 0.000000300. The van der Waals surface area contributed by atoms with Gasteiger partial charge in [-0.3, -0.25) is 0 Å². The van der Waals surface area contributed by atoms with Crippen molar-refractivity contribution < 1.29 is 47.3 Å². The fourth-order valence-corrected chi connectivity index (χ4v) is 5.59. The molecular weight excluding hydrogens is 504 g/mol. The van der Waals surface area contributed by atoms with E-state index in [1.807, 2.05) is 0 Å². The second kappa shape index (κ2) is 8.79. The SMILES string of the molecule is Cc1cc(C)c([I+]c2cccc3ccccc23)c(C)c1.O=S(=O)([O-])C(F)(F)F. The maximum Gasteiger partial charge on any atom is 0.485 e. The van der Waals surface area contributed by atoms with E-state index in [0.717, 1.165) is 0 Å². The van der Waals surface area contributed by atoms with Crippen molar-refractivity contribution in [1.82, 2.24) is 0 Å². The minimum atomic E-state index is -6.09.